The monoisotopic (exact) mass is 465 g/mol. The number of rotatable bonds is 4. The van der Waals surface area contributed by atoms with Crippen molar-refractivity contribution in [2.45, 2.75) is 0 Å². The van der Waals surface area contributed by atoms with Crippen LogP contribution in [0, 0.1) is 0 Å². The number of hydrogen-bond donors (Lipinski definition) is 1. The standard InChI is InChI=1S/C22H20ClN7OS/c1-29-4-6-30(7-5-29)20-10-14(2-3-24-20)21(31)28-19-9-15-8-17(18-13-27-22(23)32-18)25-11-16(15)12-26-19/h2-3,8-13H,4-7H2,1H3,(H,26,28,31). The van der Waals surface area contributed by atoms with Crippen molar-refractivity contribution < 1.29 is 4.79 Å². The van der Waals surface area contributed by atoms with Gasteiger partial charge in [-0.25, -0.2) is 15.0 Å². The van der Waals surface area contributed by atoms with Crippen molar-refractivity contribution in [3.8, 4) is 10.6 Å². The number of carbonyl (C=O) groups is 1. The number of pyridine rings is 3. The summed E-state index contributed by atoms with van der Waals surface area (Å²) in [5.74, 6) is 1.06. The molecule has 162 valence electrons. The van der Waals surface area contributed by atoms with Gasteiger partial charge in [0.25, 0.3) is 5.91 Å². The third-order valence-corrected chi connectivity index (χ3v) is 6.55. The zero-order valence-corrected chi connectivity index (χ0v) is 18.9. The second-order valence-electron chi connectivity index (χ2n) is 7.61. The lowest BCUT2D eigenvalue weighted by atomic mass is 10.2. The van der Waals surface area contributed by atoms with Gasteiger partial charge in [0.2, 0.25) is 0 Å². The predicted molar refractivity (Wildman–Crippen MR) is 128 cm³/mol. The smallest absolute Gasteiger partial charge is 0.257 e. The van der Waals surface area contributed by atoms with E-state index in [1.54, 1.807) is 30.9 Å². The molecule has 1 aliphatic heterocycles. The number of piperazine rings is 1. The summed E-state index contributed by atoms with van der Waals surface area (Å²) >= 11 is 7.32. The van der Waals surface area contributed by atoms with Gasteiger partial charge in [-0.3, -0.25) is 9.78 Å². The first-order valence-electron chi connectivity index (χ1n) is 10.1. The van der Waals surface area contributed by atoms with E-state index >= 15 is 0 Å². The first-order chi connectivity index (χ1) is 15.5. The summed E-state index contributed by atoms with van der Waals surface area (Å²) < 4.78 is 0.470. The Bertz CT molecular complexity index is 1290. The van der Waals surface area contributed by atoms with Crippen LogP contribution >= 0.6 is 22.9 Å². The van der Waals surface area contributed by atoms with E-state index in [0.717, 1.165) is 53.3 Å². The minimum absolute atomic E-state index is 0.224. The van der Waals surface area contributed by atoms with Crippen LogP contribution in [0.3, 0.4) is 0 Å². The summed E-state index contributed by atoms with van der Waals surface area (Å²) in [6, 6.07) is 7.32. The van der Waals surface area contributed by atoms with Crippen LogP contribution < -0.4 is 10.2 Å². The molecule has 1 amide bonds. The molecular formula is C22H20ClN7OS. The predicted octanol–water partition coefficient (Wildman–Crippen LogP) is 3.81. The Kier molecular flexibility index (Phi) is 5.69. The van der Waals surface area contributed by atoms with Gasteiger partial charge in [-0.05, 0) is 36.7 Å². The van der Waals surface area contributed by atoms with Crippen molar-refractivity contribution >= 4 is 51.3 Å². The number of aromatic nitrogens is 4. The van der Waals surface area contributed by atoms with Gasteiger partial charge >= 0.3 is 0 Å². The van der Waals surface area contributed by atoms with E-state index in [0.29, 0.717) is 15.8 Å². The third-order valence-electron chi connectivity index (χ3n) is 5.41. The molecule has 32 heavy (non-hydrogen) atoms. The van der Waals surface area contributed by atoms with Gasteiger partial charge in [0.15, 0.2) is 4.47 Å². The van der Waals surface area contributed by atoms with Crippen LogP contribution in [0.5, 0.6) is 0 Å². The van der Waals surface area contributed by atoms with Gasteiger partial charge < -0.3 is 15.1 Å². The molecule has 1 aliphatic rings. The molecule has 10 heteroatoms. The quantitative estimate of drug-likeness (QED) is 0.490. The van der Waals surface area contributed by atoms with Crippen LogP contribution in [0.25, 0.3) is 21.3 Å². The largest absolute Gasteiger partial charge is 0.354 e. The van der Waals surface area contributed by atoms with Crippen molar-refractivity contribution in [2.75, 3.05) is 43.4 Å². The fourth-order valence-electron chi connectivity index (χ4n) is 3.57. The Morgan fingerprint density at radius 3 is 2.59 bits per heavy atom. The number of nitrogens with one attached hydrogen (secondary N) is 1. The van der Waals surface area contributed by atoms with Crippen molar-refractivity contribution in [3.63, 3.8) is 0 Å². The molecule has 5 rings (SSSR count). The van der Waals surface area contributed by atoms with E-state index in [-0.39, 0.29) is 5.91 Å². The highest BCUT2D eigenvalue weighted by Gasteiger charge is 2.17. The molecule has 0 bridgehead atoms. The van der Waals surface area contributed by atoms with Crippen molar-refractivity contribution in [3.05, 3.63) is 59.1 Å². The zero-order valence-electron chi connectivity index (χ0n) is 17.3. The number of thiazole rings is 1. The summed E-state index contributed by atoms with van der Waals surface area (Å²) in [5, 5.41) is 4.69. The maximum Gasteiger partial charge on any atom is 0.257 e. The Hall–Kier alpha value is -3.14. The van der Waals surface area contributed by atoms with Gasteiger partial charge in [-0.2, -0.15) is 0 Å². The first kappa shape index (κ1) is 20.7. The fourth-order valence-corrected chi connectivity index (χ4v) is 4.48. The van der Waals surface area contributed by atoms with Crippen LogP contribution in [-0.2, 0) is 0 Å². The maximum absolute atomic E-state index is 12.9. The molecule has 8 nitrogen and oxygen atoms in total. The van der Waals surface area contributed by atoms with Crippen molar-refractivity contribution in [2.24, 2.45) is 0 Å². The highest BCUT2D eigenvalue weighted by atomic mass is 35.5. The lowest BCUT2D eigenvalue weighted by molar-refractivity contribution is 0.102. The number of nitrogens with zero attached hydrogens (tertiary/aromatic N) is 6. The minimum Gasteiger partial charge on any atom is -0.354 e. The van der Waals surface area contributed by atoms with E-state index in [2.05, 4.69) is 42.1 Å². The Morgan fingerprint density at radius 2 is 1.81 bits per heavy atom. The van der Waals surface area contributed by atoms with Crippen LogP contribution in [0.1, 0.15) is 10.4 Å². The van der Waals surface area contributed by atoms with Crippen molar-refractivity contribution in [1.29, 1.82) is 0 Å². The maximum atomic E-state index is 12.9. The van der Waals surface area contributed by atoms with Gasteiger partial charge in [-0.1, -0.05) is 11.6 Å². The van der Waals surface area contributed by atoms with Gasteiger partial charge in [-0.15, -0.1) is 11.3 Å². The lowest BCUT2D eigenvalue weighted by Crippen LogP contribution is -2.44. The Morgan fingerprint density at radius 1 is 1.00 bits per heavy atom. The number of anilines is 2. The molecule has 0 saturated carbocycles. The van der Waals surface area contributed by atoms with Crippen LogP contribution in [0.2, 0.25) is 4.47 Å². The van der Waals surface area contributed by atoms with E-state index in [1.807, 2.05) is 18.2 Å². The number of likely N-dealkylation sites (N-methyl/N-ethyl adjacent to an activating group) is 1. The molecule has 4 aromatic heterocycles. The average Bonchev–Trinajstić information content (AvgIpc) is 3.25. The van der Waals surface area contributed by atoms with Gasteiger partial charge in [0.05, 0.1) is 10.6 Å². The van der Waals surface area contributed by atoms with E-state index in [1.165, 1.54) is 11.3 Å². The summed E-state index contributed by atoms with van der Waals surface area (Å²) in [6.45, 7) is 3.73. The van der Waals surface area contributed by atoms with Gasteiger partial charge in [0.1, 0.15) is 11.6 Å². The fraction of sp³-hybridized carbons (Fsp3) is 0.227. The molecule has 4 aromatic rings. The first-order valence-corrected chi connectivity index (χ1v) is 11.3. The Labute approximate surface area is 193 Å². The SMILES string of the molecule is CN1CCN(c2cc(C(=O)Nc3cc4cc(-c5cnc(Cl)s5)ncc4cn3)ccn2)CC1. The van der Waals surface area contributed by atoms with E-state index < -0.39 is 0 Å². The van der Waals surface area contributed by atoms with E-state index in [4.69, 9.17) is 11.6 Å². The summed E-state index contributed by atoms with van der Waals surface area (Å²) in [6.07, 6.45) is 6.83. The normalized spacial score (nSPS) is 14.6. The topological polar surface area (TPSA) is 87.1 Å². The van der Waals surface area contributed by atoms with Gasteiger partial charge in [0, 0.05) is 61.9 Å². The van der Waals surface area contributed by atoms with Crippen molar-refractivity contribution in [1.82, 2.24) is 24.8 Å². The highest BCUT2D eigenvalue weighted by Crippen LogP contribution is 2.29. The van der Waals surface area contributed by atoms with E-state index in [9.17, 15) is 4.79 Å². The highest BCUT2D eigenvalue weighted by molar-refractivity contribution is 7.18. The Balaban J connectivity index is 1.36. The second-order valence-corrected chi connectivity index (χ2v) is 9.22. The molecule has 5 heterocycles. The number of hydrogen-bond acceptors (Lipinski definition) is 8. The zero-order chi connectivity index (χ0) is 22.1. The molecule has 0 atom stereocenters. The summed E-state index contributed by atoms with van der Waals surface area (Å²) in [5.41, 5.74) is 1.32. The molecule has 1 saturated heterocycles. The van der Waals surface area contributed by atoms with Crippen LogP contribution in [-0.4, -0.2) is 64.0 Å². The molecular weight excluding hydrogens is 446 g/mol. The lowest BCUT2D eigenvalue weighted by Gasteiger charge is -2.33. The molecule has 1 N–H and O–H groups in total. The van der Waals surface area contributed by atoms with Crippen LogP contribution in [0.4, 0.5) is 11.6 Å². The third kappa shape index (κ3) is 4.40. The number of fused-ring (bicyclic) bond motifs is 1. The molecule has 0 spiro atoms. The number of carbonyl (C=O) groups excluding carboxylic acids is 1. The second kappa shape index (κ2) is 8.78. The number of amides is 1. The van der Waals surface area contributed by atoms with Crippen LogP contribution in [0.15, 0.2) is 49.1 Å². The average molecular weight is 466 g/mol. The minimum atomic E-state index is -0.224. The summed E-state index contributed by atoms with van der Waals surface area (Å²) in [7, 11) is 2.11. The molecule has 0 unspecified atom stereocenters. The molecule has 0 aliphatic carbocycles. The molecule has 0 radical (unpaired) electrons. The molecule has 1 fully saturated rings. The number of halogens is 1. The molecule has 0 aromatic carbocycles. The summed E-state index contributed by atoms with van der Waals surface area (Å²) in [4.78, 5) is 35.6.